The summed E-state index contributed by atoms with van der Waals surface area (Å²) in [6, 6.07) is 11.3. The van der Waals surface area contributed by atoms with Crippen molar-refractivity contribution in [2.45, 2.75) is 84.0 Å². The lowest BCUT2D eigenvalue weighted by molar-refractivity contribution is -0.163. The fourth-order valence-corrected chi connectivity index (χ4v) is 8.50. The molecule has 158 valence electrons. The van der Waals surface area contributed by atoms with Crippen molar-refractivity contribution in [3.63, 3.8) is 0 Å². The Balaban J connectivity index is 1.48. The van der Waals surface area contributed by atoms with Gasteiger partial charge in [-0.15, -0.1) is 0 Å². The lowest BCUT2D eigenvalue weighted by atomic mass is 9.37. The standard InChI is InChI=1S/C27H39NO/c1-4-25-13-20-14-26(16-25,21-8-6-5-7-9-21)18-27(15-20,17-25)23(29)12-22-10-11-28-19-24(22,2)3/h5-9,20,22,28H,4,10-19H2,1-3H3. The Bertz CT molecular complexity index is 785. The molecule has 4 aliphatic carbocycles. The molecule has 5 atom stereocenters. The van der Waals surface area contributed by atoms with Crippen LogP contribution in [0.3, 0.4) is 0 Å². The van der Waals surface area contributed by atoms with E-state index in [-0.39, 0.29) is 16.2 Å². The Kier molecular flexibility index (Phi) is 4.55. The van der Waals surface area contributed by atoms with Crippen LogP contribution in [-0.2, 0) is 10.2 Å². The van der Waals surface area contributed by atoms with Gasteiger partial charge in [-0.2, -0.15) is 0 Å². The number of nitrogens with one attached hydrogen (secondary N) is 1. The van der Waals surface area contributed by atoms with Gasteiger partial charge in [-0.1, -0.05) is 57.5 Å². The SMILES string of the molecule is CCC12CC3CC(C(=O)CC4CCNCC4(C)C)(C1)CC(c1ccccc1)(C3)C2. The van der Waals surface area contributed by atoms with E-state index in [2.05, 4.69) is 56.4 Å². The molecule has 5 aliphatic rings. The number of ketones is 1. The molecule has 1 aliphatic heterocycles. The van der Waals surface area contributed by atoms with Crippen LogP contribution in [0.2, 0.25) is 0 Å². The van der Waals surface area contributed by atoms with E-state index >= 15 is 0 Å². The average molecular weight is 394 g/mol. The van der Waals surface area contributed by atoms with Crippen LogP contribution in [0.15, 0.2) is 30.3 Å². The van der Waals surface area contributed by atoms with Crippen LogP contribution in [0.4, 0.5) is 0 Å². The van der Waals surface area contributed by atoms with E-state index in [4.69, 9.17) is 0 Å². The molecule has 0 radical (unpaired) electrons. The minimum absolute atomic E-state index is 0.0494. The lowest BCUT2D eigenvalue weighted by Gasteiger charge is -2.66. The van der Waals surface area contributed by atoms with Crippen molar-refractivity contribution in [1.82, 2.24) is 5.32 Å². The smallest absolute Gasteiger partial charge is 0.139 e. The molecule has 1 saturated heterocycles. The molecule has 1 aromatic carbocycles. The van der Waals surface area contributed by atoms with Crippen molar-refractivity contribution in [2.75, 3.05) is 13.1 Å². The third-order valence-corrected chi connectivity index (χ3v) is 9.70. The van der Waals surface area contributed by atoms with Gasteiger partial charge in [0.05, 0.1) is 0 Å². The number of benzene rings is 1. The Morgan fingerprint density at radius 1 is 1.07 bits per heavy atom. The summed E-state index contributed by atoms with van der Waals surface area (Å²) >= 11 is 0. The molecule has 5 fully saturated rings. The Morgan fingerprint density at radius 2 is 1.86 bits per heavy atom. The van der Waals surface area contributed by atoms with Crippen LogP contribution < -0.4 is 5.32 Å². The maximum Gasteiger partial charge on any atom is 0.139 e. The van der Waals surface area contributed by atoms with Crippen LogP contribution >= 0.6 is 0 Å². The van der Waals surface area contributed by atoms with Crippen molar-refractivity contribution < 1.29 is 4.79 Å². The lowest BCUT2D eigenvalue weighted by Crippen LogP contribution is -2.61. The minimum Gasteiger partial charge on any atom is -0.316 e. The largest absolute Gasteiger partial charge is 0.316 e. The first-order valence-corrected chi connectivity index (χ1v) is 12.1. The summed E-state index contributed by atoms with van der Waals surface area (Å²) in [7, 11) is 0. The molecular weight excluding hydrogens is 354 g/mol. The molecule has 1 aromatic rings. The quantitative estimate of drug-likeness (QED) is 0.675. The Labute approximate surface area is 177 Å². The van der Waals surface area contributed by atoms with E-state index in [9.17, 15) is 4.79 Å². The topological polar surface area (TPSA) is 29.1 Å². The van der Waals surface area contributed by atoms with Gasteiger partial charge in [0.1, 0.15) is 5.78 Å². The summed E-state index contributed by atoms with van der Waals surface area (Å²) in [6.45, 7) is 9.22. The third kappa shape index (κ3) is 3.12. The molecule has 0 amide bonds. The van der Waals surface area contributed by atoms with E-state index < -0.39 is 0 Å². The maximum absolute atomic E-state index is 14.1. The first kappa shape index (κ1) is 19.8. The van der Waals surface area contributed by atoms with E-state index in [1.54, 1.807) is 0 Å². The normalized spacial score (nSPS) is 42.7. The number of hydrogen-bond acceptors (Lipinski definition) is 2. The summed E-state index contributed by atoms with van der Waals surface area (Å²) in [5, 5.41) is 3.55. The second-order valence-corrected chi connectivity index (χ2v) is 12.1. The fraction of sp³-hybridized carbons (Fsp3) is 0.741. The molecule has 2 heteroatoms. The van der Waals surface area contributed by atoms with E-state index in [0.717, 1.165) is 38.3 Å². The summed E-state index contributed by atoms with van der Waals surface area (Å²) in [5.74, 6) is 1.91. The van der Waals surface area contributed by atoms with E-state index in [1.807, 2.05) is 0 Å². The van der Waals surface area contributed by atoms with Crippen molar-refractivity contribution in [2.24, 2.45) is 28.1 Å². The monoisotopic (exact) mass is 393 g/mol. The first-order chi connectivity index (χ1) is 13.8. The molecule has 5 unspecified atom stereocenters. The second kappa shape index (κ2) is 6.67. The summed E-state index contributed by atoms with van der Waals surface area (Å²) < 4.78 is 0. The highest BCUT2D eigenvalue weighted by Crippen LogP contribution is 2.71. The fourth-order valence-electron chi connectivity index (χ4n) is 8.50. The highest BCUT2D eigenvalue weighted by molar-refractivity contribution is 5.86. The first-order valence-electron chi connectivity index (χ1n) is 12.1. The van der Waals surface area contributed by atoms with Crippen molar-refractivity contribution in [1.29, 1.82) is 0 Å². The zero-order chi connectivity index (χ0) is 20.3. The molecular formula is C27H39NO. The van der Waals surface area contributed by atoms with Gasteiger partial charge in [0.15, 0.2) is 0 Å². The highest BCUT2D eigenvalue weighted by Gasteiger charge is 2.65. The second-order valence-electron chi connectivity index (χ2n) is 12.1. The van der Waals surface area contributed by atoms with Crippen LogP contribution in [0, 0.1) is 28.1 Å². The van der Waals surface area contributed by atoms with Crippen LogP contribution in [0.25, 0.3) is 0 Å². The molecule has 1 N–H and O–H groups in total. The van der Waals surface area contributed by atoms with Gasteiger partial charge >= 0.3 is 0 Å². The third-order valence-electron chi connectivity index (χ3n) is 9.70. The Morgan fingerprint density at radius 3 is 2.59 bits per heavy atom. The van der Waals surface area contributed by atoms with Crippen LogP contribution in [0.5, 0.6) is 0 Å². The van der Waals surface area contributed by atoms with E-state index in [0.29, 0.717) is 17.1 Å². The number of rotatable bonds is 5. The molecule has 1 heterocycles. The predicted octanol–water partition coefficient (Wildman–Crippen LogP) is 5.90. The van der Waals surface area contributed by atoms with Gasteiger partial charge in [0, 0.05) is 18.4 Å². The van der Waals surface area contributed by atoms with E-state index in [1.165, 1.54) is 44.1 Å². The van der Waals surface area contributed by atoms with Crippen LogP contribution in [0.1, 0.15) is 84.1 Å². The molecule has 0 aromatic heterocycles. The van der Waals surface area contributed by atoms with Crippen molar-refractivity contribution >= 4 is 5.78 Å². The number of Topliss-reactive ketones (excluding diaryl/α,β-unsaturated/α-hetero) is 1. The zero-order valence-corrected chi connectivity index (χ0v) is 18.7. The van der Waals surface area contributed by atoms with Crippen LogP contribution in [-0.4, -0.2) is 18.9 Å². The molecule has 29 heavy (non-hydrogen) atoms. The molecule has 6 rings (SSSR count). The molecule has 2 nitrogen and oxygen atoms in total. The molecule has 4 saturated carbocycles. The number of carbonyl (C=O) groups excluding carboxylic acids is 1. The number of carbonyl (C=O) groups is 1. The van der Waals surface area contributed by atoms with Gasteiger partial charge in [0.2, 0.25) is 0 Å². The number of piperidine rings is 1. The van der Waals surface area contributed by atoms with Gasteiger partial charge in [-0.05, 0) is 85.1 Å². The predicted molar refractivity (Wildman–Crippen MR) is 119 cm³/mol. The van der Waals surface area contributed by atoms with Crippen molar-refractivity contribution in [3.8, 4) is 0 Å². The number of hydrogen-bond donors (Lipinski definition) is 1. The summed E-state index contributed by atoms with van der Waals surface area (Å²) in [6.07, 6.45) is 10.7. The maximum atomic E-state index is 14.1. The minimum atomic E-state index is -0.0494. The van der Waals surface area contributed by atoms with Gasteiger partial charge in [-0.3, -0.25) is 4.79 Å². The molecule has 0 spiro atoms. The Hall–Kier alpha value is -1.15. The summed E-state index contributed by atoms with van der Waals surface area (Å²) in [5.41, 5.74) is 2.34. The van der Waals surface area contributed by atoms with Gasteiger partial charge in [0.25, 0.3) is 0 Å². The van der Waals surface area contributed by atoms with Gasteiger partial charge in [-0.25, -0.2) is 0 Å². The molecule has 4 bridgehead atoms. The highest BCUT2D eigenvalue weighted by atomic mass is 16.1. The average Bonchev–Trinajstić information content (AvgIpc) is 2.69. The summed E-state index contributed by atoms with van der Waals surface area (Å²) in [4.78, 5) is 14.1. The zero-order valence-electron chi connectivity index (χ0n) is 18.7. The van der Waals surface area contributed by atoms with Crippen molar-refractivity contribution in [3.05, 3.63) is 35.9 Å². The van der Waals surface area contributed by atoms with Gasteiger partial charge < -0.3 is 5.32 Å².